The SMILES string of the molecule is CCOOS(=O)(=O)OO. The third kappa shape index (κ3) is 4.30. The van der Waals surface area contributed by atoms with Crippen LogP contribution >= 0.6 is 0 Å². The van der Waals surface area contributed by atoms with Gasteiger partial charge in [0.1, 0.15) is 0 Å². The van der Waals surface area contributed by atoms with Gasteiger partial charge < -0.3 is 0 Å². The third-order valence-corrected chi connectivity index (χ3v) is 0.786. The first-order chi connectivity index (χ1) is 4.12. The molecule has 0 aromatic carbocycles. The maximum absolute atomic E-state index is 9.94. The highest BCUT2D eigenvalue weighted by Crippen LogP contribution is 1.92. The highest BCUT2D eigenvalue weighted by Gasteiger charge is 2.10. The number of hydrogen-bond acceptors (Lipinski definition) is 6. The van der Waals surface area contributed by atoms with E-state index in [4.69, 9.17) is 5.26 Å². The van der Waals surface area contributed by atoms with E-state index in [0.29, 0.717) is 0 Å². The van der Waals surface area contributed by atoms with Crippen LogP contribution in [0, 0.1) is 0 Å². The molecule has 56 valence electrons. The molecule has 0 saturated heterocycles. The molecular formula is C2H6O6S. The predicted octanol–water partition coefficient (Wildman–Crippen LogP) is -0.311. The first kappa shape index (κ1) is 8.79. The molecule has 0 aliphatic carbocycles. The summed E-state index contributed by atoms with van der Waals surface area (Å²) in [5.74, 6) is 0. The van der Waals surface area contributed by atoms with Crippen molar-refractivity contribution in [2.75, 3.05) is 6.61 Å². The second-order valence-electron chi connectivity index (χ2n) is 0.957. The van der Waals surface area contributed by atoms with Crippen LogP contribution in [0.4, 0.5) is 0 Å². The molecule has 0 bridgehead atoms. The fourth-order valence-electron chi connectivity index (χ4n) is 0.119. The van der Waals surface area contributed by atoms with Crippen molar-refractivity contribution in [2.24, 2.45) is 0 Å². The Morgan fingerprint density at radius 3 is 2.44 bits per heavy atom. The van der Waals surface area contributed by atoms with E-state index in [1.165, 1.54) is 6.92 Å². The molecule has 0 rings (SSSR count). The van der Waals surface area contributed by atoms with Crippen molar-refractivity contribution < 1.29 is 27.2 Å². The monoisotopic (exact) mass is 158 g/mol. The Morgan fingerprint density at radius 1 is 1.56 bits per heavy atom. The van der Waals surface area contributed by atoms with Gasteiger partial charge in [0, 0.05) is 0 Å². The predicted molar refractivity (Wildman–Crippen MR) is 25.3 cm³/mol. The lowest BCUT2D eigenvalue weighted by molar-refractivity contribution is -0.234. The van der Waals surface area contributed by atoms with Gasteiger partial charge in [-0.2, -0.15) is 8.42 Å². The molecule has 0 fully saturated rings. The first-order valence-electron chi connectivity index (χ1n) is 2.01. The molecule has 0 aliphatic rings. The van der Waals surface area contributed by atoms with Crippen molar-refractivity contribution in [3.8, 4) is 0 Å². The average Bonchev–Trinajstić information content (AvgIpc) is 1.84. The molecule has 7 heteroatoms. The van der Waals surface area contributed by atoms with Crippen LogP contribution in [0.3, 0.4) is 0 Å². The second-order valence-corrected chi connectivity index (χ2v) is 2.06. The van der Waals surface area contributed by atoms with Crippen LogP contribution in [0.1, 0.15) is 6.92 Å². The summed E-state index contributed by atoms with van der Waals surface area (Å²) < 4.78 is 26.3. The molecule has 9 heavy (non-hydrogen) atoms. The molecule has 0 aromatic heterocycles. The summed E-state index contributed by atoms with van der Waals surface area (Å²) in [6.45, 7) is 1.55. The van der Waals surface area contributed by atoms with Gasteiger partial charge in [0.2, 0.25) is 0 Å². The lowest BCUT2D eigenvalue weighted by Crippen LogP contribution is -2.07. The van der Waals surface area contributed by atoms with Crippen LogP contribution in [0.2, 0.25) is 0 Å². The molecule has 0 aliphatic heterocycles. The van der Waals surface area contributed by atoms with Crippen molar-refractivity contribution in [2.45, 2.75) is 6.92 Å². The van der Waals surface area contributed by atoms with Gasteiger partial charge in [-0.1, -0.05) is 8.67 Å². The molecule has 1 N–H and O–H groups in total. The summed E-state index contributed by atoms with van der Waals surface area (Å²) in [5.41, 5.74) is 0. The molecule has 0 heterocycles. The lowest BCUT2D eigenvalue weighted by Gasteiger charge is -1.95. The van der Waals surface area contributed by atoms with Gasteiger partial charge in [-0.15, -0.1) is 0 Å². The summed E-state index contributed by atoms with van der Waals surface area (Å²) in [5, 5.41) is 7.53. The quantitative estimate of drug-likeness (QED) is 0.446. The Hall–Kier alpha value is -0.210. The van der Waals surface area contributed by atoms with Gasteiger partial charge >= 0.3 is 10.4 Å². The zero-order valence-electron chi connectivity index (χ0n) is 4.60. The zero-order valence-corrected chi connectivity index (χ0v) is 5.42. The Balaban J connectivity index is 3.61. The van der Waals surface area contributed by atoms with Crippen molar-refractivity contribution in [3.63, 3.8) is 0 Å². The molecule has 0 aromatic rings. The van der Waals surface area contributed by atoms with Gasteiger partial charge in [-0.05, 0) is 6.92 Å². The fourth-order valence-corrected chi connectivity index (χ4v) is 0.358. The van der Waals surface area contributed by atoms with E-state index >= 15 is 0 Å². The van der Waals surface area contributed by atoms with Gasteiger partial charge in [0.15, 0.2) is 0 Å². The lowest BCUT2D eigenvalue weighted by atomic mass is 10.9. The van der Waals surface area contributed by atoms with Crippen molar-refractivity contribution in [1.29, 1.82) is 0 Å². The van der Waals surface area contributed by atoms with E-state index in [1.54, 1.807) is 0 Å². The Kier molecular flexibility index (Phi) is 3.66. The average molecular weight is 158 g/mol. The summed E-state index contributed by atoms with van der Waals surface area (Å²) in [6, 6.07) is 0. The van der Waals surface area contributed by atoms with E-state index in [0.717, 1.165) is 0 Å². The highest BCUT2D eigenvalue weighted by molar-refractivity contribution is 7.81. The summed E-state index contributed by atoms with van der Waals surface area (Å²) in [6.07, 6.45) is 0. The van der Waals surface area contributed by atoms with Crippen LogP contribution in [0.25, 0.3) is 0 Å². The molecule has 0 spiro atoms. The van der Waals surface area contributed by atoms with Crippen LogP contribution in [-0.4, -0.2) is 20.3 Å². The zero-order chi connectivity index (χ0) is 7.33. The first-order valence-corrected chi connectivity index (χ1v) is 3.35. The summed E-state index contributed by atoms with van der Waals surface area (Å²) >= 11 is 0. The Bertz CT molecular complexity index is 146. The Morgan fingerprint density at radius 2 is 2.11 bits per heavy atom. The highest BCUT2D eigenvalue weighted by atomic mass is 32.3. The molecule has 0 atom stereocenters. The molecule has 0 unspecified atom stereocenters. The van der Waals surface area contributed by atoms with Gasteiger partial charge in [-0.3, -0.25) is 0 Å². The van der Waals surface area contributed by atoms with Crippen molar-refractivity contribution in [3.05, 3.63) is 0 Å². The van der Waals surface area contributed by atoms with Crippen LogP contribution in [0.5, 0.6) is 0 Å². The van der Waals surface area contributed by atoms with E-state index in [9.17, 15) is 8.42 Å². The van der Waals surface area contributed by atoms with Gasteiger partial charge in [-0.25, -0.2) is 10.1 Å². The van der Waals surface area contributed by atoms with Crippen LogP contribution in [-0.2, 0) is 24.0 Å². The minimum atomic E-state index is -4.35. The maximum Gasteiger partial charge on any atom is 0.453 e. The molecule has 0 radical (unpaired) electrons. The Labute approximate surface area is 52.1 Å². The minimum Gasteiger partial charge on any atom is -0.233 e. The van der Waals surface area contributed by atoms with Crippen LogP contribution in [0.15, 0.2) is 0 Å². The van der Waals surface area contributed by atoms with Gasteiger partial charge in [0.25, 0.3) is 0 Å². The second kappa shape index (κ2) is 3.75. The molecule has 0 amide bonds. The molecule has 6 nitrogen and oxygen atoms in total. The topological polar surface area (TPSA) is 82.1 Å². The normalized spacial score (nSPS) is 11.8. The fraction of sp³-hybridized carbons (Fsp3) is 1.00. The summed E-state index contributed by atoms with van der Waals surface area (Å²) in [4.78, 5) is 3.92. The standard InChI is InChI=1S/C2H6O6S/c1-2-6-8-9(4,5)7-3/h3H,2H2,1H3. The van der Waals surface area contributed by atoms with E-state index in [2.05, 4.69) is 13.6 Å². The molecule has 0 saturated carbocycles. The minimum absolute atomic E-state index is 0.0442. The molecular weight excluding hydrogens is 152 g/mol. The summed E-state index contributed by atoms with van der Waals surface area (Å²) in [7, 11) is -4.35. The third-order valence-electron chi connectivity index (χ3n) is 0.341. The van der Waals surface area contributed by atoms with Crippen molar-refractivity contribution >= 4 is 10.4 Å². The van der Waals surface area contributed by atoms with E-state index < -0.39 is 10.4 Å². The number of rotatable bonds is 4. The van der Waals surface area contributed by atoms with E-state index in [-0.39, 0.29) is 6.61 Å². The maximum atomic E-state index is 9.94. The number of hydrogen-bond donors (Lipinski definition) is 1. The van der Waals surface area contributed by atoms with Crippen LogP contribution < -0.4 is 0 Å². The van der Waals surface area contributed by atoms with Crippen molar-refractivity contribution in [1.82, 2.24) is 0 Å². The van der Waals surface area contributed by atoms with Gasteiger partial charge in [0.05, 0.1) is 6.61 Å². The largest absolute Gasteiger partial charge is 0.453 e. The smallest absolute Gasteiger partial charge is 0.233 e. The van der Waals surface area contributed by atoms with E-state index in [1.807, 2.05) is 0 Å².